The quantitative estimate of drug-likeness (QED) is 0.301. The van der Waals surface area contributed by atoms with Gasteiger partial charge in [-0.2, -0.15) is 8.78 Å². The number of thioether (sulfide) groups is 1. The second-order valence-corrected chi connectivity index (χ2v) is 7.16. The highest BCUT2D eigenvalue weighted by molar-refractivity contribution is 7.99. The van der Waals surface area contributed by atoms with Gasteiger partial charge in [-0.25, -0.2) is 0 Å². The second-order valence-electron chi connectivity index (χ2n) is 6.10. The summed E-state index contributed by atoms with van der Waals surface area (Å²) in [5, 5.41) is 5.65. The van der Waals surface area contributed by atoms with Gasteiger partial charge in [-0.15, -0.1) is 13.2 Å². The van der Waals surface area contributed by atoms with Crippen LogP contribution >= 0.6 is 11.8 Å². The van der Waals surface area contributed by atoms with Crippen LogP contribution in [0.15, 0.2) is 77.7 Å². The Hall–Kier alpha value is -3.27. The summed E-state index contributed by atoms with van der Waals surface area (Å²) in [7, 11) is 0. The number of rotatable bonds is 7. The summed E-state index contributed by atoms with van der Waals surface area (Å²) in [6.45, 7) is 0. The molecule has 0 saturated carbocycles. The number of hydrogen-bond acceptors (Lipinski definition) is 4. The van der Waals surface area contributed by atoms with Gasteiger partial charge in [0.05, 0.1) is 11.3 Å². The Labute approximate surface area is 178 Å². The first-order chi connectivity index (χ1) is 14.7. The fraction of sp³-hybridized carbons (Fsp3) is 0.0952. The number of ether oxygens (including phenoxy) is 1. The molecule has 3 rings (SSSR count). The molecule has 0 saturated heterocycles. The van der Waals surface area contributed by atoms with Crippen molar-refractivity contribution in [1.82, 2.24) is 0 Å². The zero-order valence-corrected chi connectivity index (χ0v) is 16.4. The maximum Gasteiger partial charge on any atom is 0.573 e. The number of nitrogens with one attached hydrogen (secondary N) is 2. The number of carbonyl (C=O) groups excluding carboxylic acids is 1. The maximum absolute atomic E-state index is 12.7. The predicted molar refractivity (Wildman–Crippen MR) is 109 cm³/mol. The monoisotopic (exact) mass is 454 g/mol. The molecule has 0 fully saturated rings. The highest BCUT2D eigenvalue weighted by Gasteiger charge is 2.31. The summed E-state index contributed by atoms with van der Waals surface area (Å²) in [6.07, 6.45) is -4.80. The van der Waals surface area contributed by atoms with E-state index in [0.29, 0.717) is 28.0 Å². The lowest BCUT2D eigenvalue weighted by atomic mass is 10.1. The summed E-state index contributed by atoms with van der Waals surface area (Å²) < 4.78 is 65.4. The molecule has 3 aromatic rings. The largest absolute Gasteiger partial charge is 0.573 e. The summed E-state index contributed by atoms with van der Waals surface area (Å²) >= 11 is 0.430. The van der Waals surface area contributed by atoms with Gasteiger partial charge in [-0.05, 0) is 60.7 Å². The van der Waals surface area contributed by atoms with E-state index in [1.54, 1.807) is 36.4 Å². The van der Waals surface area contributed by atoms with Crippen LogP contribution in [0.3, 0.4) is 0 Å². The zero-order valence-electron chi connectivity index (χ0n) is 15.6. The van der Waals surface area contributed by atoms with Crippen LogP contribution in [-0.2, 0) is 0 Å². The number of benzene rings is 3. The van der Waals surface area contributed by atoms with Gasteiger partial charge in [0, 0.05) is 16.3 Å². The van der Waals surface area contributed by atoms with E-state index in [4.69, 9.17) is 0 Å². The van der Waals surface area contributed by atoms with E-state index >= 15 is 0 Å². The van der Waals surface area contributed by atoms with Crippen molar-refractivity contribution >= 4 is 34.7 Å². The Morgan fingerprint density at radius 1 is 0.871 bits per heavy atom. The van der Waals surface area contributed by atoms with Crippen molar-refractivity contribution in [2.24, 2.45) is 0 Å². The van der Waals surface area contributed by atoms with E-state index in [1.165, 1.54) is 24.3 Å². The third-order valence-electron chi connectivity index (χ3n) is 3.88. The molecule has 0 aliphatic carbocycles. The highest BCUT2D eigenvalue weighted by Crippen LogP contribution is 2.28. The summed E-state index contributed by atoms with van der Waals surface area (Å²) in [5.41, 5.74) is 1.62. The van der Waals surface area contributed by atoms with Crippen molar-refractivity contribution < 1.29 is 31.5 Å². The topological polar surface area (TPSA) is 50.4 Å². The Balaban J connectivity index is 1.70. The molecule has 0 radical (unpaired) electrons. The van der Waals surface area contributed by atoms with Crippen molar-refractivity contribution in [3.63, 3.8) is 0 Å². The Morgan fingerprint density at radius 3 is 2.10 bits per heavy atom. The fourth-order valence-corrected chi connectivity index (χ4v) is 3.10. The van der Waals surface area contributed by atoms with Gasteiger partial charge < -0.3 is 15.4 Å². The van der Waals surface area contributed by atoms with E-state index in [-0.39, 0.29) is 11.3 Å². The molecule has 0 aliphatic heterocycles. The van der Waals surface area contributed by atoms with Crippen LogP contribution in [0.5, 0.6) is 5.75 Å². The van der Waals surface area contributed by atoms with Gasteiger partial charge >= 0.3 is 6.36 Å². The summed E-state index contributed by atoms with van der Waals surface area (Å²) in [6, 6.07) is 17.6. The van der Waals surface area contributed by atoms with Crippen LogP contribution < -0.4 is 15.4 Å². The minimum absolute atomic E-state index is 0.280. The Bertz CT molecular complexity index is 1030. The smallest absolute Gasteiger partial charge is 0.406 e. The van der Waals surface area contributed by atoms with Crippen LogP contribution in [0, 0.1) is 0 Å². The molecule has 3 aromatic carbocycles. The predicted octanol–water partition coefficient (Wildman–Crippen LogP) is 6.90. The first-order valence-corrected chi connectivity index (χ1v) is 9.66. The van der Waals surface area contributed by atoms with Crippen molar-refractivity contribution in [2.45, 2.75) is 17.0 Å². The molecule has 0 heterocycles. The second kappa shape index (κ2) is 9.69. The summed E-state index contributed by atoms with van der Waals surface area (Å²) in [4.78, 5) is 13.1. The van der Waals surface area contributed by atoms with Crippen LogP contribution in [0.25, 0.3) is 0 Å². The van der Waals surface area contributed by atoms with Gasteiger partial charge in [-0.3, -0.25) is 4.79 Å². The summed E-state index contributed by atoms with van der Waals surface area (Å²) in [5.74, 6) is -3.41. The van der Waals surface area contributed by atoms with E-state index in [0.717, 1.165) is 12.1 Å². The number of anilines is 3. The Morgan fingerprint density at radius 2 is 1.48 bits per heavy atom. The van der Waals surface area contributed by atoms with Crippen LogP contribution in [0.4, 0.5) is 39.0 Å². The van der Waals surface area contributed by atoms with Crippen LogP contribution in [0.2, 0.25) is 0 Å². The minimum atomic E-state index is -4.80. The molecule has 0 aliphatic rings. The van der Waals surface area contributed by atoms with Gasteiger partial charge in [0.1, 0.15) is 5.75 Å². The van der Waals surface area contributed by atoms with Crippen LogP contribution in [0.1, 0.15) is 10.4 Å². The minimum Gasteiger partial charge on any atom is -0.406 e. The number of carbonyl (C=O) groups is 1. The van der Waals surface area contributed by atoms with Crippen LogP contribution in [-0.4, -0.2) is 18.0 Å². The SMILES string of the molecule is O=C(Nc1ccc(OC(F)(F)F)cc1)c1ccccc1Nc1ccc(SC(F)F)cc1. The lowest BCUT2D eigenvalue weighted by Gasteiger charge is -2.13. The fourth-order valence-electron chi connectivity index (χ4n) is 2.60. The average molecular weight is 454 g/mol. The van der Waals surface area contributed by atoms with Crippen molar-refractivity contribution in [2.75, 3.05) is 10.6 Å². The van der Waals surface area contributed by atoms with Gasteiger partial charge in [0.15, 0.2) is 0 Å². The maximum atomic E-state index is 12.7. The van der Waals surface area contributed by atoms with E-state index in [2.05, 4.69) is 15.4 Å². The molecule has 0 atom stereocenters. The zero-order chi connectivity index (χ0) is 22.4. The number of alkyl halides is 5. The number of halogens is 5. The van der Waals surface area contributed by atoms with Crippen molar-refractivity contribution in [1.29, 1.82) is 0 Å². The Kier molecular flexibility index (Phi) is 7.01. The molecule has 162 valence electrons. The third-order valence-corrected chi connectivity index (χ3v) is 4.60. The third kappa shape index (κ3) is 6.88. The lowest BCUT2D eigenvalue weighted by molar-refractivity contribution is -0.274. The number of amides is 1. The highest BCUT2D eigenvalue weighted by atomic mass is 32.2. The lowest BCUT2D eigenvalue weighted by Crippen LogP contribution is -2.17. The molecule has 10 heteroatoms. The van der Waals surface area contributed by atoms with E-state index in [9.17, 15) is 26.7 Å². The van der Waals surface area contributed by atoms with E-state index < -0.39 is 23.8 Å². The first-order valence-electron chi connectivity index (χ1n) is 8.78. The molecule has 0 unspecified atom stereocenters. The average Bonchev–Trinajstić information content (AvgIpc) is 2.70. The number of hydrogen-bond donors (Lipinski definition) is 2. The van der Waals surface area contributed by atoms with Gasteiger partial charge in [0.25, 0.3) is 11.7 Å². The molecule has 0 bridgehead atoms. The normalized spacial score (nSPS) is 11.3. The van der Waals surface area contributed by atoms with E-state index in [1.807, 2.05) is 0 Å². The molecule has 1 amide bonds. The molecule has 2 N–H and O–H groups in total. The standard InChI is InChI=1S/C21H15F5N2O2S/c22-20(23)31-16-11-7-13(8-12-16)27-18-4-2-1-3-17(18)19(29)28-14-5-9-15(10-6-14)30-21(24,25)26/h1-12,20,27H,(H,28,29). The molecular formula is C21H15F5N2O2S. The first kappa shape index (κ1) is 22.4. The molecule has 0 aromatic heterocycles. The molecule has 31 heavy (non-hydrogen) atoms. The van der Waals surface area contributed by atoms with Gasteiger partial charge in [-0.1, -0.05) is 23.9 Å². The molecule has 4 nitrogen and oxygen atoms in total. The molecule has 0 spiro atoms. The molecular weight excluding hydrogens is 439 g/mol. The van der Waals surface area contributed by atoms with Crippen molar-refractivity contribution in [3.05, 3.63) is 78.4 Å². The number of para-hydroxylation sites is 1. The van der Waals surface area contributed by atoms with Crippen molar-refractivity contribution in [3.8, 4) is 5.75 Å². The van der Waals surface area contributed by atoms with Gasteiger partial charge in [0.2, 0.25) is 0 Å².